The van der Waals surface area contributed by atoms with Crippen LogP contribution in [0.4, 0.5) is 4.79 Å². The van der Waals surface area contributed by atoms with Crippen LogP contribution in [0.3, 0.4) is 0 Å². The number of methoxy groups -OCH3 is 1. The van der Waals surface area contributed by atoms with Gasteiger partial charge in [0.15, 0.2) is 0 Å². The summed E-state index contributed by atoms with van der Waals surface area (Å²) >= 11 is 0. The van der Waals surface area contributed by atoms with Crippen molar-refractivity contribution in [1.29, 1.82) is 0 Å². The van der Waals surface area contributed by atoms with Gasteiger partial charge in [-0.2, -0.15) is 0 Å². The molecule has 0 saturated carbocycles. The zero-order valence-electron chi connectivity index (χ0n) is 17.7. The lowest BCUT2D eigenvalue weighted by atomic mass is 9.88. The molecular formula is C21H30N2O6. The van der Waals surface area contributed by atoms with Crippen molar-refractivity contribution in [2.45, 2.75) is 57.7 Å². The Morgan fingerprint density at radius 1 is 1.10 bits per heavy atom. The molecule has 0 aliphatic carbocycles. The molecule has 29 heavy (non-hydrogen) atoms. The first kappa shape index (κ1) is 22.7. The summed E-state index contributed by atoms with van der Waals surface area (Å²) < 4.78 is 15.4. The van der Waals surface area contributed by atoms with Crippen LogP contribution in [0, 0.1) is 0 Å². The molecule has 0 spiro atoms. The van der Waals surface area contributed by atoms with Gasteiger partial charge in [-0.15, -0.1) is 0 Å². The molecule has 0 unspecified atom stereocenters. The number of esters is 1. The normalized spacial score (nSPS) is 17.0. The highest BCUT2D eigenvalue weighted by molar-refractivity contribution is 5.91. The summed E-state index contributed by atoms with van der Waals surface area (Å²) in [4.78, 5) is 37.0. The third-order valence-corrected chi connectivity index (χ3v) is 4.70. The van der Waals surface area contributed by atoms with Crippen molar-refractivity contribution in [1.82, 2.24) is 10.6 Å². The predicted molar refractivity (Wildman–Crippen MR) is 106 cm³/mol. The van der Waals surface area contributed by atoms with Crippen LogP contribution in [0.25, 0.3) is 0 Å². The molecule has 2 amide bonds. The lowest BCUT2D eigenvalue weighted by molar-refractivity contribution is -0.132. The van der Waals surface area contributed by atoms with Crippen LogP contribution < -0.4 is 10.6 Å². The molecule has 1 aromatic rings. The first-order valence-electron chi connectivity index (χ1n) is 9.64. The molecule has 160 valence electrons. The minimum atomic E-state index is -1.10. The van der Waals surface area contributed by atoms with Crippen molar-refractivity contribution >= 4 is 18.0 Å². The Balaban J connectivity index is 2.10. The molecule has 8 nitrogen and oxygen atoms in total. The highest BCUT2D eigenvalue weighted by Crippen LogP contribution is 2.24. The number of hydrogen-bond donors (Lipinski definition) is 2. The number of rotatable bonds is 5. The summed E-state index contributed by atoms with van der Waals surface area (Å²) in [6, 6.07) is 6.49. The van der Waals surface area contributed by atoms with Crippen LogP contribution in [0.1, 0.15) is 62.5 Å². The highest BCUT2D eigenvalue weighted by Gasteiger charge is 2.43. The van der Waals surface area contributed by atoms with E-state index in [0.29, 0.717) is 31.6 Å². The Labute approximate surface area is 171 Å². The van der Waals surface area contributed by atoms with E-state index in [2.05, 4.69) is 10.6 Å². The van der Waals surface area contributed by atoms with Gasteiger partial charge in [-0.1, -0.05) is 12.1 Å². The Morgan fingerprint density at radius 2 is 1.69 bits per heavy atom. The van der Waals surface area contributed by atoms with Crippen LogP contribution in [0.15, 0.2) is 24.3 Å². The fourth-order valence-corrected chi connectivity index (χ4v) is 3.07. The van der Waals surface area contributed by atoms with Gasteiger partial charge in [0.25, 0.3) is 0 Å². The zero-order valence-corrected chi connectivity index (χ0v) is 17.7. The topological polar surface area (TPSA) is 103 Å². The molecule has 1 aliphatic rings. The van der Waals surface area contributed by atoms with Crippen molar-refractivity contribution in [2.75, 3.05) is 20.3 Å². The fourth-order valence-electron chi connectivity index (χ4n) is 3.07. The van der Waals surface area contributed by atoms with Crippen molar-refractivity contribution < 1.29 is 28.6 Å². The van der Waals surface area contributed by atoms with Gasteiger partial charge in [0.1, 0.15) is 11.1 Å². The lowest BCUT2D eigenvalue weighted by Crippen LogP contribution is -2.62. The van der Waals surface area contributed by atoms with Gasteiger partial charge in [-0.3, -0.25) is 4.79 Å². The van der Waals surface area contributed by atoms with Crippen molar-refractivity contribution in [3.8, 4) is 0 Å². The van der Waals surface area contributed by atoms with E-state index in [4.69, 9.17) is 14.2 Å². The number of nitrogens with one attached hydrogen (secondary N) is 2. The Morgan fingerprint density at radius 3 is 2.21 bits per heavy atom. The Bertz CT molecular complexity index is 733. The van der Waals surface area contributed by atoms with E-state index < -0.39 is 23.2 Å². The first-order chi connectivity index (χ1) is 13.6. The maximum Gasteiger partial charge on any atom is 0.408 e. The second kappa shape index (κ2) is 9.26. The van der Waals surface area contributed by atoms with Crippen molar-refractivity contribution in [2.24, 2.45) is 0 Å². The molecule has 2 rings (SSSR count). The minimum Gasteiger partial charge on any atom is -0.465 e. The molecular weight excluding hydrogens is 376 g/mol. The summed E-state index contributed by atoms with van der Waals surface area (Å²) in [5.41, 5.74) is -0.504. The number of benzene rings is 1. The number of amides is 2. The van der Waals surface area contributed by atoms with E-state index in [1.807, 2.05) is 6.92 Å². The second-order valence-electron chi connectivity index (χ2n) is 8.13. The SMILES string of the molecule is COC(=O)c1ccc([C@H](C)NC(=O)C2(NC(=O)OC(C)(C)C)CCOCC2)cc1. The molecule has 0 aromatic heterocycles. The largest absolute Gasteiger partial charge is 0.465 e. The maximum absolute atomic E-state index is 13.1. The molecule has 1 heterocycles. The van der Waals surface area contributed by atoms with Gasteiger partial charge >= 0.3 is 12.1 Å². The van der Waals surface area contributed by atoms with Gasteiger partial charge in [0, 0.05) is 26.1 Å². The molecule has 0 radical (unpaired) electrons. The van der Waals surface area contributed by atoms with Gasteiger partial charge in [0.2, 0.25) is 5.91 Å². The summed E-state index contributed by atoms with van der Waals surface area (Å²) in [6.07, 6.45) is 0.0719. The van der Waals surface area contributed by atoms with E-state index in [-0.39, 0.29) is 11.9 Å². The number of alkyl carbamates (subject to hydrolysis) is 1. The Hall–Kier alpha value is -2.61. The average molecular weight is 406 g/mol. The van der Waals surface area contributed by atoms with Crippen LogP contribution in [-0.4, -0.2) is 49.4 Å². The molecule has 1 atom stereocenters. The van der Waals surface area contributed by atoms with Crippen LogP contribution in [0.2, 0.25) is 0 Å². The highest BCUT2D eigenvalue weighted by atomic mass is 16.6. The predicted octanol–water partition coefficient (Wildman–Crippen LogP) is 2.72. The molecule has 1 aromatic carbocycles. The summed E-state index contributed by atoms with van der Waals surface area (Å²) in [6.45, 7) is 7.87. The van der Waals surface area contributed by atoms with E-state index in [1.165, 1.54) is 7.11 Å². The molecule has 1 aliphatic heterocycles. The standard InChI is InChI=1S/C21H30N2O6/c1-14(15-6-8-16(9-7-15)17(24)27-5)22-18(25)21(10-12-28-13-11-21)23-19(26)29-20(2,3)4/h6-9,14H,10-13H2,1-5H3,(H,22,25)(H,23,26)/t14-/m0/s1. The zero-order chi connectivity index (χ0) is 21.7. The molecule has 2 N–H and O–H groups in total. The number of hydrogen-bond acceptors (Lipinski definition) is 6. The van der Waals surface area contributed by atoms with Crippen molar-refractivity contribution in [3.05, 3.63) is 35.4 Å². The summed E-state index contributed by atoms with van der Waals surface area (Å²) in [7, 11) is 1.32. The van der Waals surface area contributed by atoms with E-state index in [9.17, 15) is 14.4 Å². The van der Waals surface area contributed by atoms with Gasteiger partial charge < -0.3 is 24.8 Å². The molecule has 8 heteroatoms. The lowest BCUT2D eigenvalue weighted by Gasteiger charge is -2.37. The van der Waals surface area contributed by atoms with Gasteiger partial charge in [-0.05, 0) is 45.4 Å². The minimum absolute atomic E-state index is 0.295. The Kier molecular flexibility index (Phi) is 7.24. The summed E-state index contributed by atoms with van der Waals surface area (Å²) in [5.74, 6) is -0.716. The maximum atomic E-state index is 13.1. The quantitative estimate of drug-likeness (QED) is 0.729. The molecule has 0 bridgehead atoms. The van der Waals surface area contributed by atoms with Gasteiger partial charge in [-0.25, -0.2) is 9.59 Å². The molecule has 1 fully saturated rings. The van der Waals surface area contributed by atoms with Crippen LogP contribution in [-0.2, 0) is 19.0 Å². The van der Waals surface area contributed by atoms with E-state index in [1.54, 1.807) is 45.0 Å². The van der Waals surface area contributed by atoms with E-state index in [0.717, 1.165) is 5.56 Å². The van der Waals surface area contributed by atoms with Gasteiger partial charge in [0.05, 0.1) is 18.7 Å². The number of ether oxygens (including phenoxy) is 3. The van der Waals surface area contributed by atoms with Crippen molar-refractivity contribution in [3.63, 3.8) is 0 Å². The number of carbonyl (C=O) groups excluding carboxylic acids is 3. The molecule has 1 saturated heterocycles. The first-order valence-corrected chi connectivity index (χ1v) is 9.64. The van der Waals surface area contributed by atoms with E-state index >= 15 is 0 Å². The third-order valence-electron chi connectivity index (χ3n) is 4.70. The van der Waals surface area contributed by atoms with Crippen LogP contribution >= 0.6 is 0 Å². The number of carbonyl (C=O) groups is 3. The third kappa shape index (κ3) is 6.19. The average Bonchev–Trinajstić information content (AvgIpc) is 2.66. The fraction of sp³-hybridized carbons (Fsp3) is 0.571. The van der Waals surface area contributed by atoms with Crippen LogP contribution in [0.5, 0.6) is 0 Å². The smallest absolute Gasteiger partial charge is 0.408 e. The second-order valence-corrected chi connectivity index (χ2v) is 8.13. The monoisotopic (exact) mass is 406 g/mol. The summed E-state index contributed by atoms with van der Waals surface area (Å²) in [5, 5.41) is 5.72.